The van der Waals surface area contributed by atoms with Gasteiger partial charge in [0.05, 0.1) is 12.1 Å². The number of alkyl halides is 3. The van der Waals surface area contributed by atoms with E-state index in [-0.39, 0.29) is 23.7 Å². The summed E-state index contributed by atoms with van der Waals surface area (Å²) in [5, 5.41) is 5.46. The molecule has 128 valence electrons. The lowest BCUT2D eigenvalue weighted by molar-refractivity contribution is -0.138. The molecule has 0 heterocycles. The zero-order chi connectivity index (χ0) is 17.9. The van der Waals surface area contributed by atoms with Gasteiger partial charge in [-0.05, 0) is 50.1 Å². The van der Waals surface area contributed by atoms with Crippen molar-refractivity contribution in [3.05, 3.63) is 58.7 Å². The topological polar surface area (TPSA) is 41.1 Å². The third-order valence-electron chi connectivity index (χ3n) is 3.65. The number of halogens is 3. The molecule has 0 atom stereocenters. The number of aryl methyl sites for hydroxylation is 3. The number of benzene rings is 2. The van der Waals surface area contributed by atoms with E-state index < -0.39 is 11.7 Å². The molecular weight excluding hydrogens is 317 g/mol. The monoisotopic (exact) mass is 336 g/mol. The van der Waals surface area contributed by atoms with Crippen molar-refractivity contribution in [2.75, 3.05) is 17.2 Å². The molecule has 24 heavy (non-hydrogen) atoms. The number of nitrogens with one attached hydrogen (secondary N) is 2. The Balaban J connectivity index is 2.01. The van der Waals surface area contributed by atoms with Gasteiger partial charge in [-0.25, -0.2) is 0 Å². The maximum Gasteiger partial charge on any atom is 0.416 e. The number of hydrogen-bond donors (Lipinski definition) is 2. The quantitative estimate of drug-likeness (QED) is 0.851. The molecule has 2 N–H and O–H groups in total. The highest BCUT2D eigenvalue weighted by molar-refractivity contribution is 5.94. The number of anilines is 2. The summed E-state index contributed by atoms with van der Waals surface area (Å²) in [5.41, 5.74) is 2.40. The maximum absolute atomic E-state index is 12.9. The fourth-order valence-electron chi connectivity index (χ4n) is 2.37. The van der Waals surface area contributed by atoms with Crippen LogP contribution < -0.4 is 10.6 Å². The molecule has 0 aliphatic rings. The van der Waals surface area contributed by atoms with Gasteiger partial charge in [0.25, 0.3) is 0 Å². The normalized spacial score (nSPS) is 11.2. The highest BCUT2D eigenvalue weighted by atomic mass is 19.4. The third kappa shape index (κ3) is 4.50. The largest absolute Gasteiger partial charge is 0.416 e. The number of carbonyl (C=O) groups is 1. The first kappa shape index (κ1) is 17.8. The van der Waals surface area contributed by atoms with E-state index in [0.29, 0.717) is 5.69 Å². The zero-order valence-corrected chi connectivity index (χ0v) is 13.7. The molecule has 1 amide bonds. The van der Waals surface area contributed by atoms with Crippen LogP contribution in [0, 0.1) is 20.8 Å². The van der Waals surface area contributed by atoms with Gasteiger partial charge in [-0.3, -0.25) is 4.79 Å². The summed E-state index contributed by atoms with van der Waals surface area (Å²) in [6.07, 6.45) is -4.41. The van der Waals surface area contributed by atoms with Gasteiger partial charge in [0.2, 0.25) is 5.91 Å². The van der Waals surface area contributed by atoms with E-state index in [2.05, 4.69) is 10.6 Å². The van der Waals surface area contributed by atoms with E-state index in [1.54, 1.807) is 6.07 Å². The zero-order valence-electron chi connectivity index (χ0n) is 13.7. The van der Waals surface area contributed by atoms with Gasteiger partial charge in [-0.15, -0.1) is 0 Å². The first-order valence-corrected chi connectivity index (χ1v) is 7.45. The van der Waals surface area contributed by atoms with Crippen LogP contribution in [0.2, 0.25) is 0 Å². The maximum atomic E-state index is 12.9. The Bertz CT molecular complexity index is 754. The van der Waals surface area contributed by atoms with E-state index in [1.807, 2.05) is 26.0 Å². The van der Waals surface area contributed by atoms with Gasteiger partial charge in [0, 0.05) is 11.4 Å². The van der Waals surface area contributed by atoms with Crippen LogP contribution in [-0.2, 0) is 11.0 Å². The summed E-state index contributed by atoms with van der Waals surface area (Å²) in [7, 11) is 0. The molecule has 0 aliphatic heterocycles. The van der Waals surface area contributed by atoms with Gasteiger partial charge in [0.1, 0.15) is 0 Å². The molecule has 0 aliphatic carbocycles. The van der Waals surface area contributed by atoms with Crippen molar-refractivity contribution in [1.29, 1.82) is 0 Å². The van der Waals surface area contributed by atoms with Gasteiger partial charge in [-0.2, -0.15) is 13.2 Å². The summed E-state index contributed by atoms with van der Waals surface area (Å²) in [6, 6.07) is 9.54. The Morgan fingerprint density at radius 3 is 2.33 bits per heavy atom. The molecule has 0 radical (unpaired) electrons. The predicted octanol–water partition coefficient (Wildman–Crippen LogP) is 4.68. The Labute approximate surface area is 138 Å². The Morgan fingerprint density at radius 2 is 1.71 bits per heavy atom. The molecule has 0 aromatic heterocycles. The summed E-state index contributed by atoms with van der Waals surface area (Å²) in [4.78, 5) is 12.0. The minimum absolute atomic E-state index is 0.117. The van der Waals surface area contributed by atoms with Crippen LogP contribution in [0.1, 0.15) is 22.3 Å². The second-order valence-electron chi connectivity index (χ2n) is 5.75. The molecule has 2 aromatic rings. The molecule has 0 fully saturated rings. The van der Waals surface area contributed by atoms with Gasteiger partial charge in [-0.1, -0.05) is 23.8 Å². The number of carbonyl (C=O) groups excluding carboxylic acids is 1. The number of amides is 1. The minimum atomic E-state index is -4.41. The molecule has 0 saturated carbocycles. The van der Waals surface area contributed by atoms with Crippen molar-refractivity contribution in [2.45, 2.75) is 26.9 Å². The third-order valence-corrected chi connectivity index (χ3v) is 3.65. The first-order valence-electron chi connectivity index (χ1n) is 7.45. The van der Waals surface area contributed by atoms with Crippen LogP contribution in [0.4, 0.5) is 24.5 Å². The average molecular weight is 336 g/mol. The van der Waals surface area contributed by atoms with Crippen LogP contribution in [0.15, 0.2) is 36.4 Å². The van der Waals surface area contributed by atoms with E-state index in [1.165, 1.54) is 19.1 Å². The Morgan fingerprint density at radius 1 is 1.00 bits per heavy atom. The molecule has 0 unspecified atom stereocenters. The standard InChI is InChI=1S/C18H19F3N2O/c1-11-4-7-16(13(3)8-11)23-17(24)10-22-14-6-5-12(2)15(9-14)18(19,20)21/h4-9,22H,10H2,1-3H3,(H,23,24). The van der Waals surface area contributed by atoms with E-state index in [9.17, 15) is 18.0 Å². The van der Waals surface area contributed by atoms with Crippen LogP contribution in [0.5, 0.6) is 0 Å². The molecule has 0 saturated heterocycles. The molecule has 0 bridgehead atoms. The van der Waals surface area contributed by atoms with Crippen LogP contribution in [0.3, 0.4) is 0 Å². The Hall–Kier alpha value is -2.50. The Kier molecular flexibility index (Phi) is 5.17. The molecule has 2 aromatic carbocycles. The highest BCUT2D eigenvalue weighted by Gasteiger charge is 2.32. The summed E-state index contributed by atoms with van der Waals surface area (Å²) >= 11 is 0. The summed E-state index contributed by atoms with van der Waals surface area (Å²) in [5.74, 6) is -0.323. The fourth-order valence-corrected chi connectivity index (χ4v) is 2.37. The SMILES string of the molecule is Cc1ccc(NC(=O)CNc2ccc(C)c(C(F)(F)F)c2)c(C)c1. The lowest BCUT2D eigenvalue weighted by Gasteiger charge is -2.14. The van der Waals surface area contributed by atoms with Crippen molar-refractivity contribution in [1.82, 2.24) is 0 Å². The van der Waals surface area contributed by atoms with Gasteiger partial charge < -0.3 is 10.6 Å². The van der Waals surface area contributed by atoms with Crippen molar-refractivity contribution in [3.8, 4) is 0 Å². The average Bonchev–Trinajstić information content (AvgIpc) is 2.48. The minimum Gasteiger partial charge on any atom is -0.376 e. The second kappa shape index (κ2) is 6.95. The molecule has 2 rings (SSSR count). The van der Waals surface area contributed by atoms with Gasteiger partial charge >= 0.3 is 6.18 Å². The van der Waals surface area contributed by atoms with Crippen LogP contribution in [0.25, 0.3) is 0 Å². The predicted molar refractivity (Wildman–Crippen MR) is 89.2 cm³/mol. The highest BCUT2D eigenvalue weighted by Crippen LogP contribution is 2.33. The summed E-state index contributed by atoms with van der Waals surface area (Å²) < 4.78 is 38.7. The van der Waals surface area contributed by atoms with Crippen LogP contribution in [-0.4, -0.2) is 12.5 Å². The van der Waals surface area contributed by atoms with E-state index in [0.717, 1.165) is 17.2 Å². The van der Waals surface area contributed by atoms with Crippen molar-refractivity contribution >= 4 is 17.3 Å². The molecular formula is C18H19F3N2O. The van der Waals surface area contributed by atoms with Crippen molar-refractivity contribution in [2.24, 2.45) is 0 Å². The number of rotatable bonds is 4. The molecule has 3 nitrogen and oxygen atoms in total. The van der Waals surface area contributed by atoms with E-state index in [4.69, 9.17) is 0 Å². The van der Waals surface area contributed by atoms with Crippen LogP contribution >= 0.6 is 0 Å². The lowest BCUT2D eigenvalue weighted by atomic mass is 10.1. The summed E-state index contributed by atoms with van der Waals surface area (Å²) in [6.45, 7) is 5.12. The number of hydrogen-bond acceptors (Lipinski definition) is 2. The van der Waals surface area contributed by atoms with E-state index >= 15 is 0 Å². The second-order valence-corrected chi connectivity index (χ2v) is 5.75. The first-order chi connectivity index (χ1) is 11.2. The fraction of sp³-hybridized carbons (Fsp3) is 0.278. The molecule has 6 heteroatoms. The van der Waals surface area contributed by atoms with Gasteiger partial charge in [0.15, 0.2) is 0 Å². The molecule has 0 spiro atoms. The van der Waals surface area contributed by atoms with Crippen molar-refractivity contribution < 1.29 is 18.0 Å². The smallest absolute Gasteiger partial charge is 0.376 e. The lowest BCUT2D eigenvalue weighted by Crippen LogP contribution is -2.22. The van der Waals surface area contributed by atoms with Crippen molar-refractivity contribution in [3.63, 3.8) is 0 Å².